The molecule has 0 saturated carbocycles. The van der Waals surface area contributed by atoms with Crippen molar-refractivity contribution < 1.29 is 19.2 Å². The minimum atomic E-state index is -0.927. The molecule has 1 aromatic heterocycles. The molecule has 0 bridgehead atoms. The van der Waals surface area contributed by atoms with Gasteiger partial charge in [0.05, 0.1) is 11.6 Å². The van der Waals surface area contributed by atoms with Gasteiger partial charge in [-0.15, -0.1) is 0 Å². The van der Waals surface area contributed by atoms with Crippen molar-refractivity contribution in [3.8, 4) is 0 Å². The molecule has 0 radical (unpaired) electrons. The lowest BCUT2D eigenvalue weighted by atomic mass is 9.82. The minimum absolute atomic E-state index is 0.0777. The SMILES string of the molecule is CCC(CC)(CNC(=O)c1oncc1C)C(=O)O. The predicted octanol–water partition coefficient (Wildman–Crippen LogP) is 1.60. The summed E-state index contributed by atoms with van der Waals surface area (Å²) in [5, 5.41) is 15.3. The third-order valence-electron chi connectivity index (χ3n) is 3.35. The maximum Gasteiger partial charge on any atom is 0.311 e. The fraction of sp³-hybridized carbons (Fsp3) is 0.583. The van der Waals surface area contributed by atoms with Crippen LogP contribution in [0, 0.1) is 12.3 Å². The number of carboxylic acid groups (broad SMARTS) is 1. The molecule has 0 spiro atoms. The summed E-state index contributed by atoms with van der Waals surface area (Å²) >= 11 is 0. The Hall–Kier alpha value is -1.85. The molecule has 0 unspecified atom stereocenters. The maximum absolute atomic E-state index is 11.8. The Bertz CT molecular complexity index is 435. The number of aromatic nitrogens is 1. The summed E-state index contributed by atoms with van der Waals surface area (Å²) in [4.78, 5) is 23.1. The summed E-state index contributed by atoms with van der Waals surface area (Å²) in [6, 6.07) is 0. The van der Waals surface area contributed by atoms with Gasteiger partial charge in [0.1, 0.15) is 0 Å². The van der Waals surface area contributed by atoms with Crippen LogP contribution in [0.2, 0.25) is 0 Å². The van der Waals surface area contributed by atoms with Crippen LogP contribution in [0.1, 0.15) is 42.8 Å². The number of amides is 1. The molecule has 0 atom stereocenters. The zero-order chi connectivity index (χ0) is 13.8. The van der Waals surface area contributed by atoms with E-state index in [1.54, 1.807) is 20.8 Å². The lowest BCUT2D eigenvalue weighted by Gasteiger charge is -2.26. The standard InChI is InChI=1S/C12H18N2O4/c1-4-12(5-2,11(16)17)7-13-10(15)9-8(3)6-14-18-9/h6H,4-5,7H2,1-3H3,(H,13,15)(H,16,17). The van der Waals surface area contributed by atoms with Crippen LogP contribution in [0.4, 0.5) is 0 Å². The number of carbonyl (C=O) groups excluding carboxylic acids is 1. The third-order valence-corrected chi connectivity index (χ3v) is 3.35. The van der Waals surface area contributed by atoms with Gasteiger partial charge in [-0.1, -0.05) is 19.0 Å². The van der Waals surface area contributed by atoms with Gasteiger partial charge in [0.15, 0.2) is 0 Å². The quantitative estimate of drug-likeness (QED) is 0.804. The van der Waals surface area contributed by atoms with Gasteiger partial charge >= 0.3 is 5.97 Å². The number of nitrogens with one attached hydrogen (secondary N) is 1. The van der Waals surface area contributed by atoms with Crippen molar-refractivity contribution in [2.45, 2.75) is 33.6 Å². The zero-order valence-corrected chi connectivity index (χ0v) is 10.8. The highest BCUT2D eigenvalue weighted by Gasteiger charge is 2.35. The van der Waals surface area contributed by atoms with Gasteiger partial charge in [-0.25, -0.2) is 0 Å². The van der Waals surface area contributed by atoms with E-state index in [9.17, 15) is 14.7 Å². The molecule has 0 aliphatic heterocycles. The van der Waals surface area contributed by atoms with E-state index in [-0.39, 0.29) is 12.3 Å². The summed E-state index contributed by atoms with van der Waals surface area (Å²) in [6.45, 7) is 5.37. The van der Waals surface area contributed by atoms with Gasteiger partial charge in [-0.05, 0) is 19.8 Å². The second-order valence-electron chi connectivity index (χ2n) is 4.31. The average Bonchev–Trinajstić information content (AvgIpc) is 2.77. The summed E-state index contributed by atoms with van der Waals surface area (Å²) in [7, 11) is 0. The second kappa shape index (κ2) is 5.66. The Morgan fingerprint density at radius 1 is 1.44 bits per heavy atom. The highest BCUT2D eigenvalue weighted by atomic mass is 16.5. The van der Waals surface area contributed by atoms with Crippen molar-refractivity contribution in [2.24, 2.45) is 5.41 Å². The van der Waals surface area contributed by atoms with Crippen LogP contribution < -0.4 is 5.32 Å². The summed E-state index contributed by atoms with van der Waals surface area (Å²) in [5.41, 5.74) is -0.301. The van der Waals surface area contributed by atoms with Crippen LogP contribution in [-0.4, -0.2) is 28.7 Å². The Morgan fingerprint density at radius 2 is 2.06 bits per heavy atom. The number of carboxylic acids is 1. The van der Waals surface area contributed by atoms with Crippen LogP contribution in [-0.2, 0) is 4.79 Å². The van der Waals surface area contributed by atoms with Crippen molar-refractivity contribution in [3.05, 3.63) is 17.5 Å². The average molecular weight is 254 g/mol. The molecule has 6 nitrogen and oxygen atoms in total. The van der Waals surface area contributed by atoms with Gasteiger partial charge in [0.2, 0.25) is 5.76 Å². The first-order valence-corrected chi connectivity index (χ1v) is 5.89. The van der Waals surface area contributed by atoms with Crippen LogP contribution in [0.15, 0.2) is 10.7 Å². The van der Waals surface area contributed by atoms with E-state index in [1.165, 1.54) is 6.20 Å². The Morgan fingerprint density at radius 3 is 2.44 bits per heavy atom. The van der Waals surface area contributed by atoms with E-state index in [1.807, 2.05) is 0 Å². The topological polar surface area (TPSA) is 92.4 Å². The molecular weight excluding hydrogens is 236 g/mol. The molecule has 0 aliphatic rings. The normalized spacial score (nSPS) is 11.3. The van der Waals surface area contributed by atoms with Crippen molar-refractivity contribution in [1.29, 1.82) is 0 Å². The number of carbonyl (C=O) groups is 2. The molecule has 0 saturated heterocycles. The molecule has 18 heavy (non-hydrogen) atoms. The number of aliphatic carboxylic acids is 1. The van der Waals surface area contributed by atoms with E-state index >= 15 is 0 Å². The first-order chi connectivity index (χ1) is 8.46. The molecule has 1 heterocycles. The largest absolute Gasteiger partial charge is 0.481 e. The van der Waals surface area contributed by atoms with E-state index in [2.05, 4.69) is 10.5 Å². The Balaban J connectivity index is 2.72. The summed E-state index contributed by atoms with van der Waals surface area (Å²) in [6.07, 6.45) is 2.35. The molecule has 1 amide bonds. The van der Waals surface area contributed by atoms with Crippen molar-refractivity contribution >= 4 is 11.9 Å². The van der Waals surface area contributed by atoms with Gasteiger partial charge in [-0.3, -0.25) is 9.59 Å². The number of rotatable bonds is 6. The summed E-state index contributed by atoms with van der Waals surface area (Å²) in [5.74, 6) is -1.21. The van der Waals surface area contributed by atoms with Crippen molar-refractivity contribution in [2.75, 3.05) is 6.54 Å². The lowest BCUT2D eigenvalue weighted by Crippen LogP contribution is -2.42. The van der Waals surface area contributed by atoms with Crippen LogP contribution >= 0.6 is 0 Å². The smallest absolute Gasteiger partial charge is 0.311 e. The zero-order valence-electron chi connectivity index (χ0n) is 10.8. The molecule has 100 valence electrons. The molecular formula is C12H18N2O4. The molecule has 6 heteroatoms. The first-order valence-electron chi connectivity index (χ1n) is 5.89. The Kier molecular flexibility index (Phi) is 4.47. The van der Waals surface area contributed by atoms with Crippen LogP contribution in [0.3, 0.4) is 0 Å². The molecule has 0 aliphatic carbocycles. The number of hydrogen-bond donors (Lipinski definition) is 2. The van der Waals surface area contributed by atoms with Gasteiger partial charge in [0.25, 0.3) is 5.91 Å². The highest BCUT2D eigenvalue weighted by Crippen LogP contribution is 2.25. The summed E-state index contributed by atoms with van der Waals surface area (Å²) < 4.78 is 4.81. The third kappa shape index (κ3) is 2.69. The van der Waals surface area contributed by atoms with Gasteiger partial charge in [0, 0.05) is 12.1 Å². The van der Waals surface area contributed by atoms with E-state index in [4.69, 9.17) is 4.52 Å². The van der Waals surface area contributed by atoms with Crippen molar-refractivity contribution in [3.63, 3.8) is 0 Å². The van der Waals surface area contributed by atoms with E-state index in [0.29, 0.717) is 18.4 Å². The predicted molar refractivity (Wildman–Crippen MR) is 64.2 cm³/mol. The minimum Gasteiger partial charge on any atom is -0.481 e. The highest BCUT2D eigenvalue weighted by molar-refractivity contribution is 5.93. The van der Waals surface area contributed by atoms with Crippen molar-refractivity contribution in [1.82, 2.24) is 10.5 Å². The molecule has 2 N–H and O–H groups in total. The molecule has 1 aromatic rings. The van der Waals surface area contributed by atoms with E-state index < -0.39 is 17.3 Å². The number of nitrogens with zero attached hydrogens (tertiary/aromatic N) is 1. The molecule has 0 aromatic carbocycles. The first kappa shape index (κ1) is 14.2. The maximum atomic E-state index is 11.8. The monoisotopic (exact) mass is 254 g/mol. The molecule has 1 rings (SSSR count). The molecule has 0 fully saturated rings. The number of hydrogen-bond acceptors (Lipinski definition) is 4. The van der Waals surface area contributed by atoms with Gasteiger partial charge in [-0.2, -0.15) is 0 Å². The second-order valence-corrected chi connectivity index (χ2v) is 4.31. The van der Waals surface area contributed by atoms with Crippen LogP contribution in [0.25, 0.3) is 0 Å². The lowest BCUT2D eigenvalue weighted by molar-refractivity contribution is -0.149. The van der Waals surface area contributed by atoms with Gasteiger partial charge < -0.3 is 14.9 Å². The van der Waals surface area contributed by atoms with Crippen LogP contribution in [0.5, 0.6) is 0 Å². The Labute approximate surface area is 105 Å². The van der Waals surface area contributed by atoms with E-state index in [0.717, 1.165) is 0 Å². The fourth-order valence-electron chi connectivity index (χ4n) is 1.72. The number of aryl methyl sites for hydroxylation is 1. The fourth-order valence-corrected chi connectivity index (χ4v) is 1.72.